The molecule has 0 bridgehead atoms. The number of fused-ring (bicyclic) bond motifs is 1. The van der Waals surface area contributed by atoms with Crippen LogP contribution in [0.15, 0.2) is 37.2 Å². The molecule has 3 aromatic heterocycles. The zero-order chi connectivity index (χ0) is 32.0. The molecule has 3 aromatic rings. The first kappa shape index (κ1) is 32.5. The summed E-state index contributed by atoms with van der Waals surface area (Å²) in [6, 6.07) is 2.22. The molecule has 1 amide bonds. The van der Waals surface area contributed by atoms with Crippen molar-refractivity contribution in [3.8, 4) is 0 Å². The summed E-state index contributed by atoms with van der Waals surface area (Å²) in [6.07, 6.45) is -3.16. The van der Waals surface area contributed by atoms with Gasteiger partial charge in [0.15, 0.2) is 36.1 Å². The van der Waals surface area contributed by atoms with Crippen molar-refractivity contribution < 1.29 is 61.9 Å². The number of carbonyl (C=O) groups is 1. The molecule has 0 aromatic carbocycles. The molecule has 1 saturated carbocycles. The van der Waals surface area contributed by atoms with Crippen molar-refractivity contribution in [3.63, 3.8) is 0 Å². The number of aliphatic hydroxyl groups excluding tert-OH is 4. The number of aliphatic hydroxyl groups is 4. The van der Waals surface area contributed by atoms with Crippen molar-refractivity contribution in [2.45, 2.75) is 49.2 Å². The Morgan fingerprint density at radius 1 is 1.14 bits per heavy atom. The minimum atomic E-state index is -5.41. The molecular formula is C22H28BN7O12P2-. The first-order chi connectivity index (χ1) is 20.7. The number of imidazole rings is 1. The zero-order valence-electron chi connectivity index (χ0n) is 22.6. The van der Waals surface area contributed by atoms with Crippen LogP contribution in [-0.2, 0) is 27.2 Å². The molecule has 237 valence electrons. The van der Waals surface area contributed by atoms with Gasteiger partial charge in [-0.25, -0.2) is 15.0 Å². The van der Waals surface area contributed by atoms with Crippen LogP contribution in [-0.4, -0.2) is 97.2 Å². The predicted molar refractivity (Wildman–Crippen MR) is 144 cm³/mol. The van der Waals surface area contributed by atoms with E-state index >= 15 is 0 Å². The van der Waals surface area contributed by atoms with Crippen LogP contribution in [0.2, 0.25) is 0 Å². The van der Waals surface area contributed by atoms with Crippen molar-refractivity contribution in [1.82, 2.24) is 19.5 Å². The molecule has 0 spiro atoms. The summed E-state index contributed by atoms with van der Waals surface area (Å²) in [5.74, 6) is -1.56. The number of phosphoric acid groups is 1. The van der Waals surface area contributed by atoms with E-state index in [1.54, 1.807) is 0 Å². The number of hydrogen-bond acceptors (Lipinski definition) is 16. The highest BCUT2D eigenvalue weighted by Crippen LogP contribution is 2.58. The van der Waals surface area contributed by atoms with E-state index in [0.29, 0.717) is 0 Å². The van der Waals surface area contributed by atoms with Crippen molar-refractivity contribution in [1.29, 1.82) is 0 Å². The standard InChI is InChI=1S/C22H28BN7O12P2/c23-43(36,39-7-13-17(33)18(34)22(41-13)30-9-28-14-19(24)26-8-27-21(14)30)42-44(37,38)40-6-11-4-12(16(32)15(11)31)29-3-1-2-10(5-29)20(25)35/h1-3,5,8-9,11-13,15-18,22,31-34H,4,6-7H2,(H4-,24,25,26,27,35,37,38)/q-1. The number of anilines is 1. The number of amides is 1. The van der Waals surface area contributed by atoms with Crippen LogP contribution in [0.25, 0.3) is 11.2 Å². The largest absolute Gasteiger partial charge is 0.756 e. The number of carbonyl (C=O) groups excluding carboxylic acids is 1. The second-order valence-electron chi connectivity index (χ2n) is 10.2. The number of primary amides is 1. The molecular weight excluding hydrogens is 627 g/mol. The molecule has 1 aliphatic heterocycles. The second-order valence-corrected chi connectivity index (χ2v) is 13.4. The highest BCUT2D eigenvalue weighted by atomic mass is 31.3. The topological polar surface area (TPSA) is 292 Å². The lowest BCUT2D eigenvalue weighted by Crippen LogP contribution is -2.45. The van der Waals surface area contributed by atoms with E-state index in [1.165, 1.54) is 40.0 Å². The number of pyridine rings is 1. The van der Waals surface area contributed by atoms with Gasteiger partial charge in [0, 0.05) is 18.4 Å². The van der Waals surface area contributed by atoms with Crippen molar-refractivity contribution >= 4 is 45.8 Å². The first-order valence-corrected chi connectivity index (χ1v) is 16.1. The summed E-state index contributed by atoms with van der Waals surface area (Å²) in [6.45, 7) is -1.46. The van der Waals surface area contributed by atoms with Gasteiger partial charge in [-0.3, -0.25) is 18.2 Å². The summed E-state index contributed by atoms with van der Waals surface area (Å²) in [5, 5.41) is 42.0. The molecule has 10 unspecified atom stereocenters. The maximum atomic E-state index is 12.6. The van der Waals surface area contributed by atoms with Gasteiger partial charge in [0.2, 0.25) is 0 Å². The number of rotatable bonds is 11. The Morgan fingerprint density at radius 3 is 2.61 bits per heavy atom. The molecule has 2 aliphatic rings. The van der Waals surface area contributed by atoms with Gasteiger partial charge in [0.25, 0.3) is 13.7 Å². The third-order valence-corrected chi connectivity index (χ3v) is 10.0. The van der Waals surface area contributed by atoms with Crippen LogP contribution in [0.4, 0.5) is 5.82 Å². The van der Waals surface area contributed by atoms with E-state index in [9.17, 15) is 39.2 Å². The third-order valence-electron chi connectivity index (χ3n) is 7.34. The Balaban J connectivity index is 1.16. The number of ether oxygens (including phenoxy) is 1. The fraction of sp³-hybridized carbons (Fsp3) is 0.500. The molecule has 8 N–H and O–H groups in total. The quantitative estimate of drug-likeness (QED) is 0.0690. The summed E-state index contributed by atoms with van der Waals surface area (Å²) < 4.78 is 47.6. The SMILES string of the molecule is [B-]P(=O)(OCC1OC(n2cnc3c(N)ncnc32)C(O)C1O)OP(=O)([O-])OCC1CC([n+]2cccc(C(N)=O)c2)C(O)C1O. The fourth-order valence-electron chi connectivity index (χ4n) is 5.11. The second kappa shape index (κ2) is 12.5. The monoisotopic (exact) mass is 655 g/mol. The van der Waals surface area contributed by atoms with Crippen LogP contribution >= 0.6 is 15.3 Å². The van der Waals surface area contributed by atoms with Crippen LogP contribution in [0, 0.1) is 5.92 Å². The Kier molecular flexibility index (Phi) is 9.24. The summed E-state index contributed by atoms with van der Waals surface area (Å²) in [5.41, 5.74) is 11.6. The summed E-state index contributed by atoms with van der Waals surface area (Å²) >= 11 is 0. The van der Waals surface area contributed by atoms with Crippen LogP contribution < -0.4 is 20.9 Å². The minimum Gasteiger partial charge on any atom is -0.756 e. The van der Waals surface area contributed by atoms with E-state index < -0.39 is 83.1 Å². The number of nitrogen functional groups attached to an aromatic ring is 1. The van der Waals surface area contributed by atoms with Gasteiger partial charge in [-0.1, -0.05) is 0 Å². The number of phosphoric ester groups is 1. The van der Waals surface area contributed by atoms with Crippen LogP contribution in [0.3, 0.4) is 0 Å². The number of hydrogen-bond donors (Lipinski definition) is 6. The van der Waals surface area contributed by atoms with Gasteiger partial charge in [0.05, 0.1) is 33.1 Å². The molecule has 1 aliphatic carbocycles. The van der Waals surface area contributed by atoms with Crippen LogP contribution in [0.1, 0.15) is 29.0 Å². The van der Waals surface area contributed by atoms with E-state index in [1.807, 2.05) is 0 Å². The van der Waals surface area contributed by atoms with Gasteiger partial charge in [0.1, 0.15) is 41.8 Å². The Labute approximate surface area is 249 Å². The van der Waals surface area contributed by atoms with Crippen LogP contribution in [0.5, 0.6) is 0 Å². The fourth-order valence-corrected chi connectivity index (χ4v) is 7.33. The lowest BCUT2D eigenvalue weighted by atomic mass is 10.1. The van der Waals surface area contributed by atoms with Crippen molar-refractivity contribution in [3.05, 3.63) is 42.7 Å². The molecule has 2 fully saturated rings. The van der Waals surface area contributed by atoms with Gasteiger partial charge in [-0.15, -0.1) is 0 Å². The summed E-state index contributed by atoms with van der Waals surface area (Å²) in [7, 11) is -4.87. The lowest BCUT2D eigenvalue weighted by Gasteiger charge is -2.34. The van der Waals surface area contributed by atoms with Gasteiger partial charge in [-0.05, 0) is 6.07 Å². The van der Waals surface area contributed by atoms with Gasteiger partial charge >= 0.3 is 0 Å². The number of nitrogens with zero attached hydrogens (tertiary/aromatic N) is 5. The Morgan fingerprint density at radius 2 is 1.89 bits per heavy atom. The molecule has 1 saturated heterocycles. The van der Waals surface area contributed by atoms with E-state index in [-0.39, 0.29) is 29.0 Å². The highest BCUT2D eigenvalue weighted by Gasteiger charge is 2.48. The maximum Gasteiger partial charge on any atom is 0.272 e. The first-order valence-electron chi connectivity index (χ1n) is 13.0. The highest BCUT2D eigenvalue weighted by molar-refractivity contribution is 7.83. The smallest absolute Gasteiger partial charge is 0.272 e. The maximum absolute atomic E-state index is 12.6. The molecule has 22 heteroatoms. The van der Waals surface area contributed by atoms with E-state index in [2.05, 4.69) is 19.3 Å². The normalized spacial score (nSPS) is 31.6. The minimum absolute atomic E-state index is 0.0250. The number of nitrogens with two attached hydrogens (primary N) is 2. The summed E-state index contributed by atoms with van der Waals surface area (Å²) in [4.78, 5) is 35.8. The molecule has 5 rings (SSSR count). The molecule has 10 atom stereocenters. The average molecular weight is 655 g/mol. The van der Waals surface area contributed by atoms with Gasteiger partial charge in [-0.2, -0.15) is 4.57 Å². The Bertz CT molecular complexity index is 1630. The molecule has 4 heterocycles. The molecule has 3 radical (unpaired) electrons. The molecule has 44 heavy (non-hydrogen) atoms. The predicted octanol–water partition coefficient (Wildman–Crippen LogP) is -2.81. The zero-order valence-corrected chi connectivity index (χ0v) is 24.4. The van der Waals surface area contributed by atoms with Gasteiger partial charge < -0.3 is 62.7 Å². The van der Waals surface area contributed by atoms with E-state index in [0.717, 1.165) is 6.33 Å². The van der Waals surface area contributed by atoms with E-state index in [4.69, 9.17) is 32.8 Å². The molecule has 19 nitrogen and oxygen atoms in total. The van der Waals surface area contributed by atoms with Crippen molar-refractivity contribution in [2.75, 3.05) is 18.9 Å². The van der Waals surface area contributed by atoms with Crippen molar-refractivity contribution in [2.24, 2.45) is 11.7 Å². The lowest BCUT2D eigenvalue weighted by molar-refractivity contribution is -0.728. The Hall–Kier alpha value is -2.87. The number of aromatic nitrogens is 5. The average Bonchev–Trinajstić information content (AvgIpc) is 3.61. The third kappa shape index (κ3) is 6.70.